The molecule has 0 saturated carbocycles. The Hall–Kier alpha value is -1.13. The van der Waals surface area contributed by atoms with Gasteiger partial charge in [-0.15, -0.1) is 5.10 Å². The number of thioether (sulfide) groups is 1. The molecule has 0 spiro atoms. The Balaban J connectivity index is 1.95. The number of tetrazole rings is 1. The van der Waals surface area contributed by atoms with E-state index >= 15 is 0 Å². The van der Waals surface area contributed by atoms with Gasteiger partial charge < -0.3 is 4.74 Å². The minimum Gasteiger partial charge on any atom is -0.376 e. The quantitative estimate of drug-likeness (QED) is 0.693. The third-order valence-electron chi connectivity index (χ3n) is 2.17. The van der Waals surface area contributed by atoms with Gasteiger partial charge in [0.15, 0.2) is 0 Å². The first-order chi connectivity index (χ1) is 7.40. The van der Waals surface area contributed by atoms with Gasteiger partial charge in [-0.1, -0.05) is 11.8 Å². The molecule has 1 aliphatic heterocycles. The summed E-state index contributed by atoms with van der Waals surface area (Å²) in [4.78, 5) is 0. The van der Waals surface area contributed by atoms with Crippen molar-refractivity contribution in [1.82, 2.24) is 20.2 Å². The van der Waals surface area contributed by atoms with Crippen LogP contribution in [0.4, 0.5) is 0 Å². The van der Waals surface area contributed by atoms with Crippen molar-refractivity contribution < 1.29 is 4.74 Å². The molecule has 1 aromatic heterocycles. The van der Waals surface area contributed by atoms with Crippen LogP contribution in [0.2, 0.25) is 0 Å². The molecular weight excluding hydrogens is 214 g/mol. The average molecular weight is 225 g/mol. The van der Waals surface area contributed by atoms with Crippen LogP contribution in [0.3, 0.4) is 0 Å². The summed E-state index contributed by atoms with van der Waals surface area (Å²) in [5.41, 5.74) is 0. The number of rotatable bonds is 4. The minimum atomic E-state index is 0.218. The van der Waals surface area contributed by atoms with E-state index in [1.807, 2.05) is 6.07 Å². The maximum atomic E-state index is 8.47. The molecule has 0 aromatic carbocycles. The Morgan fingerprint density at radius 2 is 2.60 bits per heavy atom. The van der Waals surface area contributed by atoms with E-state index in [9.17, 15) is 0 Å². The molecule has 0 amide bonds. The van der Waals surface area contributed by atoms with Gasteiger partial charge in [0.2, 0.25) is 5.16 Å². The van der Waals surface area contributed by atoms with E-state index in [2.05, 4.69) is 15.5 Å². The maximum absolute atomic E-state index is 8.47. The van der Waals surface area contributed by atoms with Crippen molar-refractivity contribution in [3.63, 3.8) is 0 Å². The first kappa shape index (κ1) is 10.4. The second-order valence-electron chi connectivity index (χ2n) is 3.23. The molecule has 2 heterocycles. The summed E-state index contributed by atoms with van der Waals surface area (Å²) in [7, 11) is 0. The van der Waals surface area contributed by atoms with Gasteiger partial charge in [0.25, 0.3) is 0 Å². The van der Waals surface area contributed by atoms with Crippen LogP contribution in [-0.4, -0.2) is 38.7 Å². The van der Waals surface area contributed by atoms with Crippen molar-refractivity contribution >= 4 is 11.8 Å². The fourth-order valence-electron chi connectivity index (χ4n) is 1.49. The van der Waals surface area contributed by atoms with E-state index in [4.69, 9.17) is 10.00 Å². The zero-order valence-corrected chi connectivity index (χ0v) is 8.98. The summed E-state index contributed by atoms with van der Waals surface area (Å²) >= 11 is 1.35. The van der Waals surface area contributed by atoms with Gasteiger partial charge in [-0.3, -0.25) is 0 Å². The molecule has 1 fully saturated rings. The molecule has 1 aliphatic rings. The van der Waals surface area contributed by atoms with Crippen LogP contribution in [0.25, 0.3) is 0 Å². The van der Waals surface area contributed by atoms with Gasteiger partial charge in [-0.2, -0.15) is 5.26 Å². The van der Waals surface area contributed by atoms with E-state index in [0.717, 1.165) is 19.4 Å². The van der Waals surface area contributed by atoms with E-state index in [1.54, 1.807) is 4.68 Å². The molecule has 1 atom stereocenters. The maximum Gasteiger partial charge on any atom is 0.210 e. The van der Waals surface area contributed by atoms with Crippen LogP contribution in [0.5, 0.6) is 0 Å². The summed E-state index contributed by atoms with van der Waals surface area (Å²) in [5, 5.41) is 20.5. The molecule has 1 saturated heterocycles. The first-order valence-corrected chi connectivity index (χ1v) is 5.76. The fourth-order valence-corrected chi connectivity index (χ4v) is 2.04. The van der Waals surface area contributed by atoms with Crippen LogP contribution in [0.15, 0.2) is 5.16 Å². The molecule has 0 radical (unpaired) electrons. The van der Waals surface area contributed by atoms with Gasteiger partial charge in [0, 0.05) is 6.61 Å². The zero-order chi connectivity index (χ0) is 10.5. The smallest absolute Gasteiger partial charge is 0.210 e. The summed E-state index contributed by atoms with van der Waals surface area (Å²) in [6, 6.07) is 2.05. The van der Waals surface area contributed by atoms with E-state index in [-0.39, 0.29) is 6.10 Å². The lowest BCUT2D eigenvalue weighted by molar-refractivity contribution is 0.0912. The van der Waals surface area contributed by atoms with Gasteiger partial charge in [0.05, 0.1) is 24.5 Å². The Kier molecular flexibility index (Phi) is 3.53. The lowest BCUT2D eigenvalue weighted by Gasteiger charge is -2.09. The first-order valence-electron chi connectivity index (χ1n) is 4.77. The molecule has 80 valence electrons. The average Bonchev–Trinajstić information content (AvgIpc) is 2.87. The standard InChI is InChI=1S/C8H11N5OS/c9-3-5-15-8-10-11-12-13(8)6-7-2-1-4-14-7/h7H,1-2,4-6H2. The van der Waals surface area contributed by atoms with E-state index in [1.165, 1.54) is 11.8 Å². The van der Waals surface area contributed by atoms with Crippen molar-refractivity contribution in [3.8, 4) is 6.07 Å². The van der Waals surface area contributed by atoms with Crippen molar-refractivity contribution in [2.24, 2.45) is 0 Å². The highest BCUT2D eigenvalue weighted by atomic mass is 32.2. The molecule has 1 aromatic rings. The Morgan fingerprint density at radius 3 is 3.33 bits per heavy atom. The van der Waals surface area contributed by atoms with Gasteiger partial charge in [0.1, 0.15) is 0 Å². The van der Waals surface area contributed by atoms with Gasteiger partial charge in [-0.25, -0.2) is 4.68 Å². The molecule has 6 nitrogen and oxygen atoms in total. The third kappa shape index (κ3) is 2.67. The monoisotopic (exact) mass is 225 g/mol. The molecule has 7 heteroatoms. The van der Waals surface area contributed by atoms with E-state index in [0.29, 0.717) is 17.5 Å². The second kappa shape index (κ2) is 5.09. The molecule has 0 bridgehead atoms. The lowest BCUT2D eigenvalue weighted by Crippen LogP contribution is -2.16. The molecule has 15 heavy (non-hydrogen) atoms. The summed E-state index contributed by atoms with van der Waals surface area (Å²) in [6.07, 6.45) is 2.38. The van der Waals surface area contributed by atoms with Gasteiger partial charge >= 0.3 is 0 Å². The predicted octanol–water partition coefficient (Wildman–Crippen LogP) is 0.468. The highest BCUT2D eigenvalue weighted by molar-refractivity contribution is 7.99. The SMILES string of the molecule is N#CCSc1nnnn1CC1CCCO1. The number of hydrogen-bond donors (Lipinski definition) is 0. The summed E-state index contributed by atoms with van der Waals surface area (Å²) in [5.74, 6) is 0.367. The van der Waals surface area contributed by atoms with Crippen molar-refractivity contribution in [1.29, 1.82) is 5.26 Å². The minimum absolute atomic E-state index is 0.218. The van der Waals surface area contributed by atoms with Crippen LogP contribution >= 0.6 is 11.8 Å². The van der Waals surface area contributed by atoms with Crippen LogP contribution < -0.4 is 0 Å². The Bertz CT molecular complexity index is 354. The fraction of sp³-hybridized carbons (Fsp3) is 0.750. The summed E-state index contributed by atoms with van der Waals surface area (Å²) in [6.45, 7) is 1.51. The van der Waals surface area contributed by atoms with Crippen LogP contribution in [-0.2, 0) is 11.3 Å². The number of ether oxygens (including phenoxy) is 1. The van der Waals surface area contributed by atoms with Crippen molar-refractivity contribution in [2.75, 3.05) is 12.4 Å². The third-order valence-corrected chi connectivity index (χ3v) is 2.99. The molecule has 0 N–H and O–H groups in total. The number of hydrogen-bond acceptors (Lipinski definition) is 6. The van der Waals surface area contributed by atoms with E-state index < -0.39 is 0 Å². The highest BCUT2D eigenvalue weighted by Crippen LogP contribution is 2.17. The normalized spacial score (nSPS) is 20.3. The number of nitriles is 1. The Labute approximate surface area is 91.6 Å². The molecule has 0 aliphatic carbocycles. The lowest BCUT2D eigenvalue weighted by atomic mass is 10.2. The predicted molar refractivity (Wildman–Crippen MR) is 53.1 cm³/mol. The molecular formula is C8H11N5OS. The van der Waals surface area contributed by atoms with Gasteiger partial charge in [-0.05, 0) is 23.3 Å². The van der Waals surface area contributed by atoms with Crippen molar-refractivity contribution in [2.45, 2.75) is 30.6 Å². The van der Waals surface area contributed by atoms with Crippen molar-refractivity contribution in [3.05, 3.63) is 0 Å². The number of nitrogens with zero attached hydrogens (tertiary/aromatic N) is 5. The molecule has 1 unspecified atom stereocenters. The molecule has 2 rings (SSSR count). The summed E-state index contributed by atoms with van der Waals surface area (Å²) < 4.78 is 7.20. The highest BCUT2D eigenvalue weighted by Gasteiger charge is 2.18. The number of aromatic nitrogens is 4. The largest absolute Gasteiger partial charge is 0.376 e. The topological polar surface area (TPSA) is 76.6 Å². The zero-order valence-electron chi connectivity index (χ0n) is 8.17. The second-order valence-corrected chi connectivity index (χ2v) is 4.17. The Morgan fingerprint density at radius 1 is 1.67 bits per heavy atom. The van der Waals surface area contributed by atoms with Crippen LogP contribution in [0.1, 0.15) is 12.8 Å². The van der Waals surface area contributed by atoms with Crippen LogP contribution in [0, 0.1) is 11.3 Å².